The van der Waals surface area contributed by atoms with Gasteiger partial charge in [0.25, 0.3) is 0 Å². The molecule has 0 rings (SSSR count). The largest absolute Gasteiger partial charge is 0.463 e. The summed E-state index contributed by atoms with van der Waals surface area (Å²) in [6, 6.07) is 0. The second-order valence-corrected chi connectivity index (χ2v) is 4.56. The van der Waals surface area contributed by atoms with Gasteiger partial charge in [-0.05, 0) is 27.4 Å². The zero-order valence-corrected chi connectivity index (χ0v) is 13.2. The standard InChI is InChI=1S/C8H16N2O.C7H12O2/c1-7(2)8(11)9-5-6-10(3)4;1-3-5-6-9-7(8)4-2/h1,5-6H2,2-4H3,(H,9,11);4H,2-3,5-6H2,1H3. The average molecular weight is 284 g/mol. The van der Waals surface area contributed by atoms with E-state index in [1.165, 1.54) is 6.08 Å². The number of carbonyl (C=O) groups is 2. The molecule has 0 radical (unpaired) electrons. The first-order chi connectivity index (χ1) is 9.34. The van der Waals surface area contributed by atoms with Crippen molar-refractivity contribution >= 4 is 11.9 Å². The minimum atomic E-state index is -0.330. The molecule has 0 bridgehead atoms. The SMILES string of the molecule is C=C(C)C(=O)NCCN(C)C.C=CC(=O)OCCCC. The van der Waals surface area contributed by atoms with E-state index in [0.29, 0.717) is 18.7 Å². The Labute approximate surface area is 122 Å². The Hall–Kier alpha value is -1.62. The minimum absolute atomic E-state index is 0.0631. The molecule has 0 aromatic heterocycles. The van der Waals surface area contributed by atoms with E-state index >= 15 is 0 Å². The molecule has 0 fully saturated rings. The number of nitrogens with one attached hydrogen (secondary N) is 1. The van der Waals surface area contributed by atoms with Gasteiger partial charge >= 0.3 is 5.97 Å². The maximum absolute atomic E-state index is 10.9. The van der Waals surface area contributed by atoms with Crippen LogP contribution in [0.2, 0.25) is 0 Å². The Morgan fingerprint density at radius 3 is 2.35 bits per heavy atom. The van der Waals surface area contributed by atoms with Gasteiger partial charge in [-0.15, -0.1) is 0 Å². The number of hydrogen-bond donors (Lipinski definition) is 1. The summed E-state index contributed by atoms with van der Waals surface area (Å²) in [7, 11) is 3.93. The molecule has 20 heavy (non-hydrogen) atoms. The van der Waals surface area contributed by atoms with Crippen molar-refractivity contribution in [2.75, 3.05) is 33.8 Å². The van der Waals surface area contributed by atoms with Crippen molar-refractivity contribution in [3.63, 3.8) is 0 Å². The maximum atomic E-state index is 10.9. The van der Waals surface area contributed by atoms with Gasteiger partial charge < -0.3 is 15.0 Å². The predicted molar refractivity (Wildman–Crippen MR) is 82.4 cm³/mol. The van der Waals surface area contributed by atoms with E-state index in [-0.39, 0.29) is 11.9 Å². The second kappa shape index (κ2) is 13.8. The molecule has 0 aliphatic carbocycles. The number of likely N-dealkylation sites (N-methyl/N-ethyl adjacent to an activating group) is 1. The van der Waals surface area contributed by atoms with Crippen LogP contribution < -0.4 is 5.32 Å². The maximum Gasteiger partial charge on any atom is 0.330 e. The molecule has 5 nitrogen and oxygen atoms in total. The van der Waals surface area contributed by atoms with E-state index in [1.807, 2.05) is 25.9 Å². The molecule has 0 unspecified atom stereocenters. The third-order valence-electron chi connectivity index (χ3n) is 2.14. The van der Waals surface area contributed by atoms with Crippen molar-refractivity contribution in [3.05, 3.63) is 24.8 Å². The minimum Gasteiger partial charge on any atom is -0.463 e. The number of rotatable bonds is 8. The van der Waals surface area contributed by atoms with Crippen LogP contribution in [0.5, 0.6) is 0 Å². The Morgan fingerprint density at radius 1 is 1.35 bits per heavy atom. The van der Waals surface area contributed by atoms with Gasteiger partial charge in [0.1, 0.15) is 0 Å². The molecule has 0 aromatic rings. The molecule has 116 valence electrons. The number of hydrogen-bond acceptors (Lipinski definition) is 4. The average Bonchev–Trinajstić information content (AvgIpc) is 2.38. The summed E-state index contributed by atoms with van der Waals surface area (Å²) in [6.07, 6.45) is 3.15. The summed E-state index contributed by atoms with van der Waals surface area (Å²) in [4.78, 5) is 23.3. The van der Waals surface area contributed by atoms with Crippen molar-refractivity contribution in [1.29, 1.82) is 0 Å². The number of esters is 1. The van der Waals surface area contributed by atoms with Crippen molar-refractivity contribution in [2.45, 2.75) is 26.7 Å². The van der Waals surface area contributed by atoms with Gasteiger partial charge in [0, 0.05) is 24.7 Å². The first-order valence-electron chi connectivity index (χ1n) is 6.72. The van der Waals surface area contributed by atoms with Crippen molar-refractivity contribution in [3.8, 4) is 0 Å². The molecule has 0 saturated heterocycles. The number of ether oxygens (including phenoxy) is 1. The quantitative estimate of drug-likeness (QED) is 0.419. The van der Waals surface area contributed by atoms with E-state index in [4.69, 9.17) is 0 Å². The van der Waals surface area contributed by atoms with Gasteiger partial charge in [-0.25, -0.2) is 4.79 Å². The number of carbonyl (C=O) groups excluding carboxylic acids is 2. The molecule has 5 heteroatoms. The first kappa shape index (κ1) is 20.7. The van der Waals surface area contributed by atoms with Crippen LogP contribution in [-0.4, -0.2) is 50.6 Å². The highest BCUT2D eigenvalue weighted by Gasteiger charge is 1.99. The van der Waals surface area contributed by atoms with E-state index in [1.54, 1.807) is 6.92 Å². The lowest BCUT2D eigenvalue weighted by Gasteiger charge is -2.09. The summed E-state index contributed by atoms with van der Waals surface area (Å²) >= 11 is 0. The lowest BCUT2D eigenvalue weighted by atomic mass is 10.3. The Morgan fingerprint density at radius 2 is 1.95 bits per heavy atom. The highest BCUT2D eigenvalue weighted by Crippen LogP contribution is 1.88. The van der Waals surface area contributed by atoms with Crippen molar-refractivity contribution < 1.29 is 14.3 Å². The van der Waals surface area contributed by atoms with E-state index in [2.05, 4.69) is 23.2 Å². The van der Waals surface area contributed by atoms with Gasteiger partial charge in [0.15, 0.2) is 0 Å². The van der Waals surface area contributed by atoms with Crippen molar-refractivity contribution in [2.24, 2.45) is 0 Å². The van der Waals surface area contributed by atoms with Crippen LogP contribution in [0.15, 0.2) is 24.8 Å². The number of amides is 1. The van der Waals surface area contributed by atoms with Gasteiger partial charge in [0.2, 0.25) is 5.91 Å². The summed E-state index contributed by atoms with van der Waals surface area (Å²) in [5.41, 5.74) is 0.559. The molecule has 0 aliphatic rings. The molecule has 0 spiro atoms. The Balaban J connectivity index is 0. The lowest BCUT2D eigenvalue weighted by molar-refractivity contribution is -0.137. The normalized spacial score (nSPS) is 9.25. The molecule has 0 atom stereocenters. The molecule has 0 saturated carbocycles. The van der Waals surface area contributed by atoms with Crippen LogP contribution in [0, 0.1) is 0 Å². The highest BCUT2D eigenvalue weighted by atomic mass is 16.5. The van der Waals surface area contributed by atoms with E-state index < -0.39 is 0 Å². The molecule has 1 amide bonds. The van der Waals surface area contributed by atoms with Gasteiger partial charge in [-0.3, -0.25) is 4.79 Å². The van der Waals surface area contributed by atoms with Gasteiger partial charge in [-0.1, -0.05) is 26.5 Å². The summed E-state index contributed by atoms with van der Waals surface area (Å²) in [5.74, 6) is -0.393. The molecule has 1 N–H and O–H groups in total. The van der Waals surface area contributed by atoms with Gasteiger partial charge in [-0.2, -0.15) is 0 Å². The third kappa shape index (κ3) is 16.4. The topological polar surface area (TPSA) is 58.6 Å². The highest BCUT2D eigenvalue weighted by molar-refractivity contribution is 5.92. The molecule has 0 aromatic carbocycles. The van der Waals surface area contributed by atoms with E-state index in [0.717, 1.165) is 19.4 Å². The van der Waals surface area contributed by atoms with Crippen LogP contribution in [0.4, 0.5) is 0 Å². The fraction of sp³-hybridized carbons (Fsp3) is 0.600. The monoisotopic (exact) mass is 284 g/mol. The van der Waals surface area contributed by atoms with Crippen LogP contribution in [0.1, 0.15) is 26.7 Å². The summed E-state index contributed by atoms with van der Waals surface area (Å²) in [5, 5.41) is 2.73. The molecule has 0 aliphatic heterocycles. The van der Waals surface area contributed by atoms with Crippen molar-refractivity contribution in [1.82, 2.24) is 10.2 Å². The summed E-state index contributed by atoms with van der Waals surface area (Å²) in [6.45, 7) is 12.6. The van der Waals surface area contributed by atoms with E-state index in [9.17, 15) is 9.59 Å². The smallest absolute Gasteiger partial charge is 0.330 e. The van der Waals surface area contributed by atoms with Crippen LogP contribution in [0.3, 0.4) is 0 Å². The van der Waals surface area contributed by atoms with Crippen LogP contribution in [0.25, 0.3) is 0 Å². The zero-order valence-electron chi connectivity index (χ0n) is 13.2. The predicted octanol–water partition coefficient (Wildman–Crippen LogP) is 1.76. The molecule has 0 heterocycles. The molecular formula is C15H28N2O3. The zero-order chi connectivity index (χ0) is 16.0. The summed E-state index contributed by atoms with van der Waals surface area (Å²) < 4.78 is 4.67. The number of nitrogens with zero attached hydrogens (tertiary/aromatic N) is 1. The molecular weight excluding hydrogens is 256 g/mol. The third-order valence-corrected chi connectivity index (χ3v) is 2.14. The lowest BCUT2D eigenvalue weighted by Crippen LogP contribution is -2.31. The van der Waals surface area contributed by atoms with Gasteiger partial charge in [0.05, 0.1) is 6.61 Å². The Kier molecular flexibility index (Phi) is 14.3. The Bertz CT molecular complexity index is 312. The first-order valence-corrected chi connectivity index (χ1v) is 6.72. The number of unbranched alkanes of at least 4 members (excludes halogenated alkanes) is 1. The van der Waals surface area contributed by atoms with Crippen LogP contribution >= 0.6 is 0 Å². The fourth-order valence-electron chi connectivity index (χ4n) is 0.920. The van der Waals surface area contributed by atoms with Crippen LogP contribution in [-0.2, 0) is 14.3 Å². The second-order valence-electron chi connectivity index (χ2n) is 4.56. The fourth-order valence-corrected chi connectivity index (χ4v) is 0.920.